The first-order valence-electron chi connectivity index (χ1n) is 5.07. The lowest BCUT2D eigenvalue weighted by molar-refractivity contribution is 0.451. The zero-order valence-corrected chi connectivity index (χ0v) is 10.1. The van der Waals surface area contributed by atoms with Crippen LogP contribution in [-0.4, -0.2) is 13.0 Å². The summed E-state index contributed by atoms with van der Waals surface area (Å²) in [5.41, 5.74) is 5.80. The van der Waals surface area contributed by atoms with Gasteiger partial charge in [-0.15, -0.1) is 0 Å². The van der Waals surface area contributed by atoms with Gasteiger partial charge in [-0.1, -0.05) is 24.3 Å². The molecule has 0 heterocycles. The topological polar surface area (TPSA) is 89.6 Å². The predicted octanol–water partition coefficient (Wildman–Crippen LogP) is 2.31. The molecular weight excluding hydrogens is 254 g/mol. The highest BCUT2D eigenvalue weighted by Crippen LogP contribution is 2.33. The molecular formula is C12H11NO4S. The van der Waals surface area contributed by atoms with E-state index < -0.39 is 10.1 Å². The van der Waals surface area contributed by atoms with Crippen molar-refractivity contribution in [2.24, 2.45) is 0 Å². The van der Waals surface area contributed by atoms with Gasteiger partial charge in [0.25, 0.3) is 10.1 Å². The summed E-state index contributed by atoms with van der Waals surface area (Å²) in [5, 5.41) is 0. The van der Waals surface area contributed by atoms with Crippen molar-refractivity contribution in [2.75, 3.05) is 5.73 Å². The highest BCUT2D eigenvalue weighted by Gasteiger charge is 2.19. The molecule has 2 aromatic carbocycles. The van der Waals surface area contributed by atoms with Crippen molar-refractivity contribution in [3.63, 3.8) is 0 Å². The van der Waals surface area contributed by atoms with E-state index in [-0.39, 0.29) is 16.3 Å². The monoisotopic (exact) mass is 265 g/mol. The van der Waals surface area contributed by atoms with Crippen molar-refractivity contribution in [1.82, 2.24) is 0 Å². The molecule has 0 amide bonds. The van der Waals surface area contributed by atoms with Crippen molar-refractivity contribution in [3.8, 4) is 11.5 Å². The lowest BCUT2D eigenvalue weighted by atomic mass is 10.3. The molecule has 0 radical (unpaired) electrons. The minimum absolute atomic E-state index is 0.0776. The highest BCUT2D eigenvalue weighted by molar-refractivity contribution is 7.86. The Bertz CT molecular complexity index is 653. The fourth-order valence-corrected chi connectivity index (χ4v) is 2.10. The number of benzene rings is 2. The first-order valence-corrected chi connectivity index (χ1v) is 6.51. The van der Waals surface area contributed by atoms with Gasteiger partial charge in [0.15, 0.2) is 5.75 Å². The summed E-state index contributed by atoms with van der Waals surface area (Å²) in [5.74, 6) is 0.353. The van der Waals surface area contributed by atoms with Crippen molar-refractivity contribution < 1.29 is 17.7 Å². The second-order valence-corrected chi connectivity index (χ2v) is 4.95. The van der Waals surface area contributed by atoms with E-state index in [1.807, 2.05) is 0 Å². The van der Waals surface area contributed by atoms with Crippen LogP contribution in [0.3, 0.4) is 0 Å². The van der Waals surface area contributed by atoms with Crippen LogP contribution in [0.4, 0.5) is 5.69 Å². The van der Waals surface area contributed by atoms with Crippen LogP contribution in [-0.2, 0) is 10.1 Å². The molecule has 0 aliphatic heterocycles. The number of nitrogen functional groups attached to an aromatic ring is 1. The van der Waals surface area contributed by atoms with Crippen LogP contribution in [0.5, 0.6) is 11.5 Å². The Hall–Kier alpha value is -2.05. The quantitative estimate of drug-likeness (QED) is 0.656. The zero-order valence-electron chi connectivity index (χ0n) is 9.28. The Morgan fingerprint density at radius 3 is 2.28 bits per heavy atom. The third-order valence-electron chi connectivity index (χ3n) is 2.25. The van der Waals surface area contributed by atoms with Gasteiger partial charge in [0.05, 0.1) is 5.69 Å². The molecule has 0 atom stereocenters. The second kappa shape index (κ2) is 4.67. The number of nitrogens with two attached hydrogens (primary N) is 1. The molecule has 0 unspecified atom stereocenters. The Morgan fingerprint density at radius 1 is 1.00 bits per heavy atom. The van der Waals surface area contributed by atoms with Crippen LogP contribution in [0, 0.1) is 0 Å². The van der Waals surface area contributed by atoms with Gasteiger partial charge in [-0.3, -0.25) is 4.55 Å². The van der Waals surface area contributed by atoms with E-state index in [1.54, 1.807) is 30.3 Å². The van der Waals surface area contributed by atoms with E-state index in [0.717, 1.165) is 0 Å². The molecule has 0 spiro atoms. The van der Waals surface area contributed by atoms with E-state index in [2.05, 4.69) is 0 Å². The van der Waals surface area contributed by atoms with Gasteiger partial charge in [0.1, 0.15) is 10.6 Å². The summed E-state index contributed by atoms with van der Waals surface area (Å²) in [6, 6.07) is 12.7. The van der Waals surface area contributed by atoms with E-state index in [4.69, 9.17) is 15.0 Å². The molecule has 5 nitrogen and oxygen atoms in total. The molecule has 0 aromatic heterocycles. The summed E-state index contributed by atoms with van der Waals surface area (Å²) >= 11 is 0. The van der Waals surface area contributed by atoms with Gasteiger partial charge < -0.3 is 10.5 Å². The molecule has 3 N–H and O–H groups in total. The van der Waals surface area contributed by atoms with Crippen LogP contribution in [0.25, 0.3) is 0 Å². The smallest absolute Gasteiger partial charge is 0.298 e. The van der Waals surface area contributed by atoms with Gasteiger partial charge >= 0.3 is 0 Å². The average Bonchev–Trinajstić information content (AvgIpc) is 2.32. The standard InChI is InChI=1S/C12H11NO4S/c13-10-7-4-8-11(18(14,15)16)12(10)17-9-5-2-1-3-6-9/h1-8H,13H2,(H,14,15,16). The summed E-state index contributed by atoms with van der Waals surface area (Å²) in [7, 11) is -4.38. The summed E-state index contributed by atoms with van der Waals surface area (Å²) in [6.07, 6.45) is 0. The van der Waals surface area contributed by atoms with E-state index >= 15 is 0 Å². The molecule has 18 heavy (non-hydrogen) atoms. The Kier molecular flexibility index (Phi) is 3.22. The third kappa shape index (κ3) is 2.61. The molecule has 94 valence electrons. The van der Waals surface area contributed by atoms with Crippen LogP contribution < -0.4 is 10.5 Å². The van der Waals surface area contributed by atoms with Gasteiger partial charge in [0.2, 0.25) is 0 Å². The molecule has 6 heteroatoms. The van der Waals surface area contributed by atoms with Crippen molar-refractivity contribution in [3.05, 3.63) is 48.5 Å². The fraction of sp³-hybridized carbons (Fsp3) is 0. The van der Waals surface area contributed by atoms with Gasteiger partial charge in [-0.25, -0.2) is 0 Å². The number of anilines is 1. The second-order valence-electron chi connectivity index (χ2n) is 3.56. The van der Waals surface area contributed by atoms with E-state index in [0.29, 0.717) is 5.75 Å². The molecule has 0 fully saturated rings. The highest BCUT2D eigenvalue weighted by atomic mass is 32.2. The lowest BCUT2D eigenvalue weighted by Gasteiger charge is -2.11. The van der Waals surface area contributed by atoms with Crippen LogP contribution in [0.2, 0.25) is 0 Å². The van der Waals surface area contributed by atoms with Crippen molar-refractivity contribution >= 4 is 15.8 Å². The Morgan fingerprint density at radius 2 is 1.67 bits per heavy atom. The van der Waals surface area contributed by atoms with E-state index in [1.165, 1.54) is 18.2 Å². The summed E-state index contributed by atoms with van der Waals surface area (Å²) in [6.45, 7) is 0. The summed E-state index contributed by atoms with van der Waals surface area (Å²) < 4.78 is 36.9. The Labute approximate surface area is 105 Å². The van der Waals surface area contributed by atoms with Crippen LogP contribution >= 0.6 is 0 Å². The Balaban J connectivity index is 2.51. The number of hydrogen-bond donors (Lipinski definition) is 2. The van der Waals surface area contributed by atoms with Gasteiger partial charge in [0, 0.05) is 0 Å². The van der Waals surface area contributed by atoms with Crippen molar-refractivity contribution in [2.45, 2.75) is 4.90 Å². The molecule has 0 saturated carbocycles. The normalized spacial score (nSPS) is 11.2. The predicted molar refractivity (Wildman–Crippen MR) is 67.2 cm³/mol. The van der Waals surface area contributed by atoms with Gasteiger partial charge in [-0.05, 0) is 24.3 Å². The van der Waals surface area contributed by atoms with E-state index in [9.17, 15) is 8.42 Å². The maximum Gasteiger partial charge on any atom is 0.298 e. The number of hydrogen-bond acceptors (Lipinski definition) is 4. The van der Waals surface area contributed by atoms with Gasteiger partial charge in [-0.2, -0.15) is 8.42 Å². The first-order chi connectivity index (χ1) is 8.48. The number of rotatable bonds is 3. The SMILES string of the molecule is Nc1cccc(S(=O)(=O)O)c1Oc1ccccc1. The molecule has 0 bridgehead atoms. The summed E-state index contributed by atoms with van der Waals surface area (Å²) in [4.78, 5) is -0.355. The maximum atomic E-state index is 11.2. The molecule has 2 rings (SSSR count). The molecule has 0 aliphatic carbocycles. The largest absolute Gasteiger partial charge is 0.454 e. The van der Waals surface area contributed by atoms with Crippen LogP contribution in [0.1, 0.15) is 0 Å². The maximum absolute atomic E-state index is 11.2. The molecule has 0 aliphatic rings. The minimum atomic E-state index is -4.38. The van der Waals surface area contributed by atoms with Crippen LogP contribution in [0.15, 0.2) is 53.4 Å². The third-order valence-corrected chi connectivity index (χ3v) is 3.13. The average molecular weight is 265 g/mol. The fourth-order valence-electron chi connectivity index (χ4n) is 1.45. The zero-order chi connectivity index (χ0) is 13.2. The van der Waals surface area contributed by atoms with Crippen molar-refractivity contribution in [1.29, 1.82) is 0 Å². The number of ether oxygens (including phenoxy) is 1. The molecule has 0 saturated heterocycles. The molecule has 2 aromatic rings. The first kappa shape index (κ1) is 12.4. The lowest BCUT2D eigenvalue weighted by Crippen LogP contribution is -2.03. The number of para-hydroxylation sites is 2. The minimum Gasteiger partial charge on any atom is -0.454 e.